The molecule has 0 radical (unpaired) electrons. The van der Waals surface area contributed by atoms with Crippen LogP contribution in [-0.4, -0.2) is 41.3 Å². The number of halogens is 2. The van der Waals surface area contributed by atoms with Crippen molar-refractivity contribution in [3.63, 3.8) is 0 Å². The first kappa shape index (κ1) is 21.7. The van der Waals surface area contributed by atoms with E-state index in [2.05, 4.69) is 34.0 Å². The number of nitrogens with zero attached hydrogens (tertiary/aromatic N) is 4. The molecular weight excluding hydrogens is 364 g/mol. The Hall–Kier alpha value is -2.64. The van der Waals surface area contributed by atoms with E-state index in [1.807, 2.05) is 23.7 Å². The second kappa shape index (κ2) is 10.1. The normalized spacial score (nSPS) is 11.8. The molecule has 8 heteroatoms. The molecule has 1 aromatic carbocycles. The van der Waals surface area contributed by atoms with Gasteiger partial charge in [0.15, 0.2) is 5.96 Å². The zero-order valence-corrected chi connectivity index (χ0v) is 17.2. The number of alkyl halides is 2. The van der Waals surface area contributed by atoms with Crippen LogP contribution in [-0.2, 0) is 33.0 Å². The van der Waals surface area contributed by atoms with Gasteiger partial charge < -0.3 is 15.0 Å². The smallest absolute Gasteiger partial charge is 0.387 e. The predicted octanol–water partition coefficient (Wildman–Crippen LogP) is 3.35. The SMILES string of the molecule is CCc1nn(C)c(CC)c1CNC(=NC)N(C)Cc1ccc(OC(F)F)cc1. The number of aliphatic imine (C=N–C) groups is 1. The maximum absolute atomic E-state index is 12.3. The molecule has 28 heavy (non-hydrogen) atoms. The summed E-state index contributed by atoms with van der Waals surface area (Å²) in [7, 11) is 5.65. The van der Waals surface area contributed by atoms with Crippen LogP contribution in [0.2, 0.25) is 0 Å². The van der Waals surface area contributed by atoms with Crippen molar-refractivity contribution in [2.45, 2.75) is 46.4 Å². The van der Waals surface area contributed by atoms with Crippen molar-refractivity contribution in [1.82, 2.24) is 20.0 Å². The zero-order chi connectivity index (χ0) is 20.7. The number of benzene rings is 1. The van der Waals surface area contributed by atoms with Crippen molar-refractivity contribution in [2.75, 3.05) is 14.1 Å². The summed E-state index contributed by atoms with van der Waals surface area (Å²) in [6.07, 6.45) is 1.80. The molecule has 0 saturated carbocycles. The van der Waals surface area contributed by atoms with Gasteiger partial charge in [0.2, 0.25) is 0 Å². The Balaban J connectivity index is 2.02. The Labute approximate surface area is 165 Å². The standard InChI is InChI=1S/C20H29F2N5O/c1-6-17-16(18(7-2)27(5)25-17)12-24-20(23-3)26(4)13-14-8-10-15(11-9-14)28-19(21)22/h8-11,19H,6-7,12-13H2,1-5H3,(H,23,24). The Morgan fingerprint density at radius 2 is 1.93 bits per heavy atom. The molecule has 1 heterocycles. The van der Waals surface area contributed by atoms with Crippen LogP contribution < -0.4 is 10.1 Å². The average Bonchev–Trinajstić information content (AvgIpc) is 2.98. The van der Waals surface area contributed by atoms with E-state index in [4.69, 9.17) is 0 Å². The van der Waals surface area contributed by atoms with E-state index < -0.39 is 6.61 Å². The molecule has 1 N–H and O–H groups in total. The van der Waals surface area contributed by atoms with Gasteiger partial charge in [-0.1, -0.05) is 26.0 Å². The van der Waals surface area contributed by atoms with Gasteiger partial charge in [-0.15, -0.1) is 0 Å². The molecule has 154 valence electrons. The number of aromatic nitrogens is 2. The minimum absolute atomic E-state index is 0.152. The predicted molar refractivity (Wildman–Crippen MR) is 107 cm³/mol. The molecule has 0 fully saturated rings. The largest absolute Gasteiger partial charge is 0.435 e. The monoisotopic (exact) mass is 393 g/mol. The van der Waals surface area contributed by atoms with Crippen LogP contribution >= 0.6 is 0 Å². The number of guanidine groups is 1. The van der Waals surface area contributed by atoms with Gasteiger partial charge in [0.05, 0.1) is 5.69 Å². The first-order valence-electron chi connectivity index (χ1n) is 9.38. The van der Waals surface area contributed by atoms with E-state index >= 15 is 0 Å². The van der Waals surface area contributed by atoms with Crippen molar-refractivity contribution >= 4 is 5.96 Å². The number of aryl methyl sites for hydroxylation is 2. The Bertz CT molecular complexity index is 787. The number of rotatable bonds is 8. The fourth-order valence-corrected chi connectivity index (χ4v) is 3.27. The summed E-state index contributed by atoms with van der Waals surface area (Å²) >= 11 is 0. The maximum atomic E-state index is 12.3. The molecule has 0 aliphatic rings. The second-order valence-corrected chi connectivity index (χ2v) is 6.48. The molecule has 0 atom stereocenters. The number of nitrogens with one attached hydrogen (secondary N) is 1. The van der Waals surface area contributed by atoms with E-state index in [-0.39, 0.29) is 5.75 Å². The van der Waals surface area contributed by atoms with Crippen molar-refractivity contribution in [3.8, 4) is 5.75 Å². The third-order valence-corrected chi connectivity index (χ3v) is 4.59. The van der Waals surface area contributed by atoms with Gasteiger partial charge in [0.1, 0.15) is 5.75 Å². The highest BCUT2D eigenvalue weighted by Gasteiger charge is 2.15. The third kappa shape index (κ3) is 5.43. The molecule has 1 aromatic heterocycles. The first-order chi connectivity index (χ1) is 13.4. The van der Waals surface area contributed by atoms with E-state index in [0.717, 1.165) is 30.1 Å². The highest BCUT2D eigenvalue weighted by Crippen LogP contribution is 2.17. The summed E-state index contributed by atoms with van der Waals surface area (Å²) in [5, 5.41) is 8.01. The average molecular weight is 393 g/mol. The Kier molecular flexibility index (Phi) is 7.78. The quantitative estimate of drug-likeness (QED) is 0.552. The second-order valence-electron chi connectivity index (χ2n) is 6.48. The van der Waals surface area contributed by atoms with Crippen LogP contribution in [0.5, 0.6) is 5.75 Å². The highest BCUT2D eigenvalue weighted by atomic mass is 19.3. The Morgan fingerprint density at radius 3 is 2.46 bits per heavy atom. The van der Waals surface area contributed by atoms with Gasteiger partial charge in [0.25, 0.3) is 0 Å². The lowest BCUT2D eigenvalue weighted by Gasteiger charge is -2.22. The fourth-order valence-electron chi connectivity index (χ4n) is 3.27. The molecule has 0 unspecified atom stereocenters. The van der Waals surface area contributed by atoms with E-state index in [9.17, 15) is 8.78 Å². The van der Waals surface area contributed by atoms with Gasteiger partial charge in [-0.25, -0.2) is 0 Å². The van der Waals surface area contributed by atoms with E-state index in [1.54, 1.807) is 31.3 Å². The number of hydrogen-bond donors (Lipinski definition) is 1. The van der Waals surface area contributed by atoms with Gasteiger partial charge in [-0.05, 0) is 30.5 Å². The summed E-state index contributed by atoms with van der Waals surface area (Å²) in [5.41, 5.74) is 4.50. The summed E-state index contributed by atoms with van der Waals surface area (Å²) in [5.74, 6) is 0.903. The molecule has 0 aliphatic heterocycles. The first-order valence-corrected chi connectivity index (χ1v) is 9.38. The summed E-state index contributed by atoms with van der Waals surface area (Å²) in [6.45, 7) is 2.65. The fraction of sp³-hybridized carbons (Fsp3) is 0.500. The molecular formula is C20H29F2N5O. The number of hydrogen-bond acceptors (Lipinski definition) is 3. The molecule has 0 aliphatic carbocycles. The van der Waals surface area contributed by atoms with Crippen molar-refractivity contribution in [1.29, 1.82) is 0 Å². The lowest BCUT2D eigenvalue weighted by Crippen LogP contribution is -2.38. The van der Waals surface area contributed by atoms with Gasteiger partial charge in [-0.2, -0.15) is 13.9 Å². The molecule has 0 bridgehead atoms. The van der Waals surface area contributed by atoms with E-state index in [1.165, 1.54) is 11.3 Å². The van der Waals surface area contributed by atoms with E-state index in [0.29, 0.717) is 13.1 Å². The van der Waals surface area contributed by atoms with Gasteiger partial charge in [-0.3, -0.25) is 9.67 Å². The van der Waals surface area contributed by atoms with Crippen LogP contribution in [0.15, 0.2) is 29.3 Å². The Morgan fingerprint density at radius 1 is 1.25 bits per heavy atom. The van der Waals surface area contributed by atoms with Crippen molar-refractivity contribution < 1.29 is 13.5 Å². The molecule has 2 rings (SSSR count). The minimum Gasteiger partial charge on any atom is -0.435 e. The minimum atomic E-state index is -2.81. The number of ether oxygens (including phenoxy) is 1. The zero-order valence-electron chi connectivity index (χ0n) is 17.2. The van der Waals surface area contributed by atoms with Crippen LogP contribution in [0.1, 0.15) is 36.4 Å². The van der Waals surface area contributed by atoms with Crippen LogP contribution in [0, 0.1) is 0 Å². The third-order valence-electron chi connectivity index (χ3n) is 4.59. The lowest BCUT2D eigenvalue weighted by atomic mass is 10.1. The van der Waals surface area contributed by atoms with Crippen LogP contribution in [0.3, 0.4) is 0 Å². The maximum Gasteiger partial charge on any atom is 0.387 e. The molecule has 0 saturated heterocycles. The topological polar surface area (TPSA) is 54.7 Å². The lowest BCUT2D eigenvalue weighted by molar-refractivity contribution is -0.0498. The molecule has 2 aromatic rings. The van der Waals surface area contributed by atoms with Crippen LogP contribution in [0.25, 0.3) is 0 Å². The van der Waals surface area contributed by atoms with Gasteiger partial charge >= 0.3 is 6.61 Å². The molecule has 0 amide bonds. The van der Waals surface area contributed by atoms with Crippen LogP contribution in [0.4, 0.5) is 8.78 Å². The summed E-state index contributed by atoms with van der Waals surface area (Å²) < 4.78 is 30.8. The summed E-state index contributed by atoms with van der Waals surface area (Å²) in [4.78, 5) is 6.34. The van der Waals surface area contributed by atoms with Gasteiger partial charge in [0, 0.05) is 45.5 Å². The highest BCUT2D eigenvalue weighted by molar-refractivity contribution is 5.79. The summed E-state index contributed by atoms with van der Waals surface area (Å²) in [6, 6.07) is 6.63. The molecule has 6 nitrogen and oxygen atoms in total. The molecule has 0 spiro atoms. The van der Waals surface area contributed by atoms with Crippen molar-refractivity contribution in [2.24, 2.45) is 12.0 Å². The van der Waals surface area contributed by atoms with Crippen molar-refractivity contribution in [3.05, 3.63) is 46.8 Å².